The van der Waals surface area contributed by atoms with Crippen molar-refractivity contribution in [2.75, 3.05) is 53.5 Å². The lowest BCUT2D eigenvalue weighted by atomic mass is 9.86. The van der Waals surface area contributed by atoms with Crippen LogP contribution >= 0.6 is 0 Å². The quantitative estimate of drug-likeness (QED) is 0.272. The van der Waals surface area contributed by atoms with Gasteiger partial charge in [-0.2, -0.15) is 0 Å². The minimum atomic E-state index is -0.389. The number of nitrogens with one attached hydrogen (secondary N) is 1. The zero-order valence-corrected chi connectivity index (χ0v) is 30.2. The van der Waals surface area contributed by atoms with E-state index in [-0.39, 0.29) is 29.2 Å². The minimum absolute atomic E-state index is 0.0820. The van der Waals surface area contributed by atoms with Crippen LogP contribution in [-0.2, 0) is 22.6 Å². The molecule has 0 radical (unpaired) electrons. The van der Waals surface area contributed by atoms with Gasteiger partial charge in [-0.15, -0.1) is 0 Å². The highest BCUT2D eigenvalue weighted by atomic mass is 19.1. The van der Waals surface area contributed by atoms with Crippen molar-refractivity contribution in [3.63, 3.8) is 0 Å². The lowest BCUT2D eigenvalue weighted by Crippen LogP contribution is -2.67. The van der Waals surface area contributed by atoms with Crippen molar-refractivity contribution in [1.82, 2.24) is 35.0 Å². The predicted octanol–water partition coefficient (Wildman–Crippen LogP) is 4.95. The molecular weight excluding hydrogens is 661 g/mol. The summed E-state index contributed by atoms with van der Waals surface area (Å²) in [6.07, 6.45) is 5.00. The van der Waals surface area contributed by atoms with Crippen LogP contribution in [0.15, 0.2) is 48.7 Å². The number of aromatic nitrogens is 3. The first kappa shape index (κ1) is 34.2. The number of carbonyl (C=O) groups excluding carboxylic acids is 2. The third-order valence-electron chi connectivity index (χ3n) is 11.4. The van der Waals surface area contributed by atoms with Gasteiger partial charge < -0.3 is 19.7 Å². The van der Waals surface area contributed by atoms with Crippen LogP contribution in [0.5, 0.6) is 11.8 Å². The number of piperazine rings is 1. The topological polar surface area (TPSA) is 113 Å². The van der Waals surface area contributed by atoms with Crippen LogP contribution in [-0.4, -0.2) is 100 Å². The zero-order chi connectivity index (χ0) is 36.1. The number of likely N-dealkylation sites (tertiary alicyclic amines) is 1. The maximum Gasteiger partial charge on any atom is 0.237 e. The predicted molar refractivity (Wildman–Crippen MR) is 194 cm³/mol. The van der Waals surface area contributed by atoms with Gasteiger partial charge in [-0.05, 0) is 55.0 Å². The number of benzene rings is 2. The van der Waals surface area contributed by atoms with Crippen molar-refractivity contribution < 1.29 is 23.5 Å². The summed E-state index contributed by atoms with van der Waals surface area (Å²) in [4.78, 5) is 44.5. The van der Waals surface area contributed by atoms with E-state index in [0.29, 0.717) is 60.3 Å². The molecule has 5 heterocycles. The molecule has 3 aliphatic heterocycles. The Morgan fingerprint density at radius 1 is 0.942 bits per heavy atom. The van der Waals surface area contributed by atoms with Gasteiger partial charge in [0.1, 0.15) is 11.5 Å². The summed E-state index contributed by atoms with van der Waals surface area (Å²) >= 11 is 0. The third kappa shape index (κ3) is 6.07. The lowest BCUT2D eigenvalue weighted by molar-refractivity contribution is -0.130. The third-order valence-corrected chi connectivity index (χ3v) is 11.4. The number of fused-ring (bicyclic) bond motifs is 1. The van der Waals surface area contributed by atoms with Gasteiger partial charge in [-0.25, -0.2) is 14.4 Å². The number of carbonyl (C=O) groups is 2. The van der Waals surface area contributed by atoms with Crippen molar-refractivity contribution >= 4 is 11.8 Å². The molecule has 2 amide bonds. The first-order valence-electron chi connectivity index (χ1n) is 18.1. The molecule has 4 aromatic rings. The Bertz CT molecular complexity index is 2060. The molecule has 0 saturated carbocycles. The van der Waals surface area contributed by atoms with E-state index in [9.17, 15) is 9.59 Å². The summed E-state index contributed by atoms with van der Waals surface area (Å²) in [6.45, 7) is 8.62. The van der Waals surface area contributed by atoms with E-state index in [0.717, 1.165) is 73.4 Å². The zero-order valence-electron chi connectivity index (χ0n) is 30.2. The van der Waals surface area contributed by atoms with E-state index in [1.807, 2.05) is 36.1 Å². The average molecular weight is 706 g/mol. The van der Waals surface area contributed by atoms with Crippen molar-refractivity contribution in [2.24, 2.45) is 0 Å². The fourth-order valence-corrected chi connectivity index (χ4v) is 8.58. The Labute approximate surface area is 303 Å². The summed E-state index contributed by atoms with van der Waals surface area (Å²) in [7, 11) is 3.22. The van der Waals surface area contributed by atoms with Gasteiger partial charge in [0.15, 0.2) is 0 Å². The molecule has 1 unspecified atom stereocenters. The lowest BCUT2D eigenvalue weighted by Gasteiger charge is -2.50. The SMILES string of the molecule is COc1nc(-c2cccc(-c3cccc(-c4cc5c(c(OC)n4)C(N4CC6(CCC(=O)N6)C4)CC5)c3C)c2F)cnc1CN1CCN(C(C)=O)CC1. The smallest absolute Gasteiger partial charge is 0.237 e. The number of methoxy groups -OCH3 is 2. The summed E-state index contributed by atoms with van der Waals surface area (Å²) in [5, 5.41) is 3.19. The van der Waals surface area contributed by atoms with Crippen molar-refractivity contribution in [2.45, 2.75) is 57.7 Å². The van der Waals surface area contributed by atoms with Crippen LogP contribution in [0.2, 0.25) is 0 Å². The Balaban J connectivity index is 1.05. The van der Waals surface area contributed by atoms with Crippen LogP contribution in [0.4, 0.5) is 4.39 Å². The second-order valence-electron chi connectivity index (χ2n) is 14.5. The number of aryl methyl sites for hydroxylation is 1. The number of nitrogens with zero attached hydrogens (tertiary/aromatic N) is 6. The molecule has 1 N–H and O–H groups in total. The Morgan fingerprint density at radius 2 is 1.63 bits per heavy atom. The monoisotopic (exact) mass is 705 g/mol. The molecule has 3 fully saturated rings. The van der Waals surface area contributed by atoms with E-state index >= 15 is 4.39 Å². The normalized spacial score (nSPS) is 19.8. The Hall–Kier alpha value is -4.94. The fourth-order valence-electron chi connectivity index (χ4n) is 8.58. The summed E-state index contributed by atoms with van der Waals surface area (Å²) in [6, 6.07) is 13.6. The van der Waals surface area contributed by atoms with Crippen LogP contribution in [0.1, 0.15) is 54.6 Å². The van der Waals surface area contributed by atoms with Gasteiger partial charge in [0.05, 0.1) is 37.3 Å². The molecule has 8 rings (SSSR count). The van der Waals surface area contributed by atoms with Crippen molar-refractivity contribution in [3.05, 3.63) is 76.9 Å². The van der Waals surface area contributed by atoms with Crippen LogP contribution in [0.3, 0.4) is 0 Å². The van der Waals surface area contributed by atoms with E-state index in [1.165, 1.54) is 5.56 Å². The molecule has 1 aliphatic carbocycles. The van der Waals surface area contributed by atoms with Gasteiger partial charge in [0, 0.05) is 87.5 Å². The van der Waals surface area contributed by atoms with Crippen LogP contribution in [0, 0.1) is 12.7 Å². The fraction of sp³-hybridized carbons (Fsp3) is 0.425. The highest BCUT2D eigenvalue weighted by molar-refractivity contribution is 5.81. The number of hydrogen-bond acceptors (Lipinski definition) is 9. The van der Waals surface area contributed by atoms with Gasteiger partial charge in [-0.3, -0.25) is 24.4 Å². The summed E-state index contributed by atoms with van der Waals surface area (Å²) in [5.74, 6) is 0.822. The maximum absolute atomic E-state index is 16.5. The maximum atomic E-state index is 16.5. The van der Waals surface area contributed by atoms with Crippen molar-refractivity contribution in [1.29, 1.82) is 0 Å². The number of hydrogen-bond donors (Lipinski definition) is 1. The Morgan fingerprint density at radius 3 is 2.33 bits per heavy atom. The van der Waals surface area contributed by atoms with Gasteiger partial charge in [0.25, 0.3) is 0 Å². The molecule has 270 valence electrons. The van der Waals surface area contributed by atoms with Gasteiger partial charge in [0.2, 0.25) is 23.6 Å². The van der Waals surface area contributed by atoms with Crippen molar-refractivity contribution in [3.8, 4) is 45.4 Å². The summed E-state index contributed by atoms with van der Waals surface area (Å²) in [5.41, 5.74) is 7.51. The van der Waals surface area contributed by atoms with E-state index in [1.54, 1.807) is 39.5 Å². The van der Waals surface area contributed by atoms with E-state index in [2.05, 4.69) is 26.2 Å². The summed E-state index contributed by atoms with van der Waals surface area (Å²) < 4.78 is 28.1. The van der Waals surface area contributed by atoms with E-state index < -0.39 is 0 Å². The van der Waals surface area contributed by atoms with E-state index in [4.69, 9.17) is 19.4 Å². The first-order chi connectivity index (χ1) is 25.2. The molecule has 11 nitrogen and oxygen atoms in total. The molecule has 1 atom stereocenters. The molecule has 52 heavy (non-hydrogen) atoms. The minimum Gasteiger partial charge on any atom is -0.481 e. The molecular formula is C40H44FN7O4. The molecule has 12 heteroatoms. The molecule has 2 aromatic heterocycles. The number of halogens is 1. The molecule has 2 aromatic carbocycles. The van der Waals surface area contributed by atoms with Gasteiger partial charge in [-0.1, -0.05) is 30.3 Å². The standard InChI is InChI=1S/C40H44FN7O4/c1-24-27(29-9-6-10-30(37(29)41)32-20-42-33(38(44-32)51-3)21-46-15-17-47(18-16-46)25(2)49)7-5-8-28(24)31-19-26-11-12-34(36(26)39(43-31)52-4)48-22-40(23-48)14-13-35(50)45-40/h5-10,19-20,34H,11-18,21-23H2,1-4H3,(H,45,50). The van der Waals surface area contributed by atoms with Gasteiger partial charge >= 0.3 is 0 Å². The molecule has 1 spiro atoms. The Kier molecular flexibility index (Phi) is 8.91. The van der Waals surface area contributed by atoms with Crippen LogP contribution in [0.25, 0.3) is 33.6 Å². The second kappa shape index (κ2) is 13.6. The highest BCUT2D eigenvalue weighted by Gasteiger charge is 2.51. The molecule has 0 bridgehead atoms. The molecule has 3 saturated heterocycles. The largest absolute Gasteiger partial charge is 0.481 e. The number of rotatable bonds is 8. The number of ether oxygens (including phenoxy) is 2. The second-order valence-corrected chi connectivity index (χ2v) is 14.5. The average Bonchev–Trinajstić information content (AvgIpc) is 3.75. The number of amides is 2. The number of pyridine rings is 1. The van der Waals surface area contributed by atoms with Crippen LogP contribution < -0.4 is 14.8 Å². The highest BCUT2D eigenvalue weighted by Crippen LogP contribution is 2.47. The first-order valence-corrected chi connectivity index (χ1v) is 18.1. The molecule has 4 aliphatic rings.